The summed E-state index contributed by atoms with van der Waals surface area (Å²) in [4.78, 5) is 11.2. The normalized spacial score (nSPS) is 14.2. The number of carbonyl (C=O) groups excluding carboxylic acids is 1. The molecule has 0 fully saturated rings. The van der Waals surface area contributed by atoms with Crippen molar-refractivity contribution in [3.63, 3.8) is 0 Å². The minimum Gasteiger partial charge on any atom is -0.463 e. The Morgan fingerprint density at radius 1 is 1.11 bits per heavy atom. The fourth-order valence-electron chi connectivity index (χ4n) is 1.22. The number of hydrogen-bond donors (Lipinski definition) is 3. The number of unbranched alkanes of at least 4 members (excludes halogenated alkanes) is 2. The molecule has 18 heavy (non-hydrogen) atoms. The lowest BCUT2D eigenvalue weighted by atomic mass is 10.2. The van der Waals surface area contributed by atoms with Gasteiger partial charge in [-0.3, -0.25) is 4.79 Å². The van der Waals surface area contributed by atoms with Crippen LogP contribution in [0.15, 0.2) is 0 Å². The first-order chi connectivity index (χ1) is 8.60. The van der Waals surface area contributed by atoms with E-state index < -0.39 is 12.2 Å². The summed E-state index contributed by atoms with van der Waals surface area (Å²) in [5.74, 6) is -0.321. The van der Waals surface area contributed by atoms with Gasteiger partial charge in [-0.05, 0) is 6.42 Å². The Morgan fingerprint density at radius 3 is 2.39 bits per heavy atom. The Bertz CT molecular complexity index is 209. The quantitative estimate of drug-likeness (QED) is 0.354. The summed E-state index contributed by atoms with van der Waals surface area (Å²) < 4.78 is 9.78. The van der Waals surface area contributed by atoms with E-state index in [0.717, 1.165) is 19.3 Å². The predicted octanol–water partition coefficient (Wildman–Crippen LogP) is -0.159. The van der Waals surface area contributed by atoms with Crippen LogP contribution < -0.4 is 0 Å². The number of esters is 1. The van der Waals surface area contributed by atoms with E-state index in [-0.39, 0.29) is 32.4 Å². The molecule has 6 nitrogen and oxygen atoms in total. The zero-order valence-corrected chi connectivity index (χ0v) is 10.9. The molecule has 0 amide bonds. The van der Waals surface area contributed by atoms with E-state index in [1.54, 1.807) is 0 Å². The van der Waals surface area contributed by atoms with Gasteiger partial charge in [0.1, 0.15) is 18.8 Å². The Balaban J connectivity index is 3.45. The second-order valence-corrected chi connectivity index (χ2v) is 4.17. The van der Waals surface area contributed by atoms with Crippen LogP contribution in [-0.4, -0.2) is 59.9 Å². The topological polar surface area (TPSA) is 96.2 Å². The molecule has 0 bridgehead atoms. The smallest absolute Gasteiger partial charge is 0.305 e. The zero-order chi connectivity index (χ0) is 13.8. The van der Waals surface area contributed by atoms with Crippen LogP contribution in [0.5, 0.6) is 0 Å². The summed E-state index contributed by atoms with van der Waals surface area (Å²) in [6, 6.07) is 0. The minimum absolute atomic E-state index is 0.0424. The van der Waals surface area contributed by atoms with Crippen LogP contribution in [0.4, 0.5) is 0 Å². The highest BCUT2D eigenvalue weighted by molar-refractivity contribution is 5.69. The molecule has 0 aliphatic carbocycles. The second-order valence-electron chi connectivity index (χ2n) is 4.17. The van der Waals surface area contributed by atoms with Crippen molar-refractivity contribution in [2.45, 2.75) is 44.8 Å². The summed E-state index contributed by atoms with van der Waals surface area (Å²) in [6.45, 7) is 1.45. The van der Waals surface area contributed by atoms with Crippen LogP contribution in [0.3, 0.4) is 0 Å². The average molecular weight is 264 g/mol. The van der Waals surface area contributed by atoms with Gasteiger partial charge in [-0.25, -0.2) is 0 Å². The highest BCUT2D eigenvalue weighted by atomic mass is 16.5. The Hall–Kier alpha value is -0.690. The molecule has 0 aliphatic rings. The molecule has 0 aliphatic heterocycles. The summed E-state index contributed by atoms with van der Waals surface area (Å²) in [5, 5.41) is 26.9. The lowest BCUT2D eigenvalue weighted by molar-refractivity contribution is -0.148. The maximum Gasteiger partial charge on any atom is 0.305 e. The molecule has 2 atom stereocenters. The molecule has 3 N–H and O–H groups in total. The lowest BCUT2D eigenvalue weighted by Gasteiger charge is -2.13. The first kappa shape index (κ1) is 17.3. The molecule has 0 spiro atoms. The lowest BCUT2D eigenvalue weighted by Crippen LogP contribution is -2.27. The van der Waals surface area contributed by atoms with Crippen molar-refractivity contribution in [2.24, 2.45) is 0 Å². The highest BCUT2D eigenvalue weighted by Crippen LogP contribution is 2.01. The minimum atomic E-state index is -0.950. The van der Waals surface area contributed by atoms with Crippen molar-refractivity contribution in [2.75, 3.05) is 26.4 Å². The van der Waals surface area contributed by atoms with Crippen LogP contribution in [0.25, 0.3) is 0 Å². The van der Waals surface area contributed by atoms with E-state index in [9.17, 15) is 9.90 Å². The van der Waals surface area contributed by atoms with Crippen molar-refractivity contribution in [3.8, 4) is 0 Å². The van der Waals surface area contributed by atoms with Gasteiger partial charge in [0.2, 0.25) is 0 Å². The van der Waals surface area contributed by atoms with Crippen LogP contribution >= 0.6 is 0 Å². The second kappa shape index (κ2) is 11.4. The van der Waals surface area contributed by atoms with E-state index in [0.29, 0.717) is 6.42 Å². The van der Waals surface area contributed by atoms with Crippen LogP contribution in [0, 0.1) is 0 Å². The van der Waals surface area contributed by atoms with Gasteiger partial charge in [0.25, 0.3) is 0 Å². The van der Waals surface area contributed by atoms with E-state index >= 15 is 0 Å². The number of aliphatic hydroxyl groups excluding tert-OH is 3. The molecule has 6 heteroatoms. The van der Waals surface area contributed by atoms with E-state index in [2.05, 4.69) is 0 Å². The fraction of sp³-hybridized carbons (Fsp3) is 0.917. The molecule has 0 rings (SSSR count). The third-order valence-corrected chi connectivity index (χ3v) is 2.25. The first-order valence-electron chi connectivity index (χ1n) is 6.30. The average Bonchev–Trinajstić information content (AvgIpc) is 2.36. The number of hydrogen-bond acceptors (Lipinski definition) is 6. The van der Waals surface area contributed by atoms with Crippen molar-refractivity contribution in [1.29, 1.82) is 0 Å². The fourth-order valence-corrected chi connectivity index (χ4v) is 1.22. The molecule has 0 aromatic carbocycles. The van der Waals surface area contributed by atoms with Gasteiger partial charge >= 0.3 is 5.97 Å². The first-order valence-corrected chi connectivity index (χ1v) is 6.30. The summed E-state index contributed by atoms with van der Waals surface area (Å²) in [6.07, 6.45) is 1.33. The van der Waals surface area contributed by atoms with Crippen molar-refractivity contribution < 1.29 is 29.6 Å². The van der Waals surface area contributed by atoms with Gasteiger partial charge < -0.3 is 24.8 Å². The maximum atomic E-state index is 11.2. The van der Waals surface area contributed by atoms with Crippen molar-refractivity contribution in [3.05, 3.63) is 0 Å². The Labute approximate surface area is 108 Å². The van der Waals surface area contributed by atoms with Gasteiger partial charge in [-0.15, -0.1) is 0 Å². The molecule has 0 unspecified atom stereocenters. The Morgan fingerprint density at radius 2 is 1.78 bits per heavy atom. The van der Waals surface area contributed by atoms with Gasteiger partial charge in [0.15, 0.2) is 0 Å². The molecular weight excluding hydrogens is 240 g/mol. The number of aliphatic hydroxyl groups is 3. The zero-order valence-electron chi connectivity index (χ0n) is 10.9. The third kappa shape index (κ3) is 10.5. The molecular formula is C12H24O6. The van der Waals surface area contributed by atoms with E-state index in [1.807, 2.05) is 6.92 Å². The van der Waals surface area contributed by atoms with Gasteiger partial charge in [-0.2, -0.15) is 0 Å². The summed E-state index contributed by atoms with van der Waals surface area (Å²) in [7, 11) is 0. The number of carbonyl (C=O) groups is 1. The SMILES string of the molecule is CCCCCC(=O)OC[C@@H](O)COC[C@H](O)CO. The summed E-state index contributed by atoms with van der Waals surface area (Å²) >= 11 is 0. The van der Waals surface area contributed by atoms with Crippen LogP contribution in [0.1, 0.15) is 32.6 Å². The largest absolute Gasteiger partial charge is 0.463 e. The molecule has 0 saturated heterocycles. The highest BCUT2D eigenvalue weighted by Gasteiger charge is 2.10. The van der Waals surface area contributed by atoms with Gasteiger partial charge in [0, 0.05) is 6.42 Å². The van der Waals surface area contributed by atoms with Crippen LogP contribution in [0.2, 0.25) is 0 Å². The Kier molecular flexibility index (Phi) is 11.0. The molecule has 108 valence electrons. The van der Waals surface area contributed by atoms with Crippen molar-refractivity contribution >= 4 is 5.97 Å². The molecule has 0 heterocycles. The molecule has 0 aromatic rings. The molecule has 0 saturated carbocycles. The third-order valence-electron chi connectivity index (χ3n) is 2.25. The molecule has 0 aromatic heterocycles. The van der Waals surface area contributed by atoms with E-state index in [4.69, 9.17) is 19.7 Å². The van der Waals surface area contributed by atoms with Crippen molar-refractivity contribution in [1.82, 2.24) is 0 Å². The van der Waals surface area contributed by atoms with Gasteiger partial charge in [0.05, 0.1) is 19.8 Å². The predicted molar refractivity (Wildman–Crippen MR) is 65.0 cm³/mol. The number of ether oxygens (including phenoxy) is 2. The molecule has 0 radical (unpaired) electrons. The number of rotatable bonds is 11. The van der Waals surface area contributed by atoms with Crippen LogP contribution in [-0.2, 0) is 14.3 Å². The van der Waals surface area contributed by atoms with E-state index in [1.165, 1.54) is 0 Å². The summed E-state index contributed by atoms with van der Waals surface area (Å²) in [5.41, 5.74) is 0. The monoisotopic (exact) mass is 264 g/mol. The standard InChI is InChI=1S/C12H24O6/c1-2-3-4-5-12(16)18-9-11(15)8-17-7-10(14)6-13/h10-11,13-15H,2-9H2,1H3/t10-,11+/m1/s1. The maximum absolute atomic E-state index is 11.2. The van der Waals surface area contributed by atoms with Gasteiger partial charge in [-0.1, -0.05) is 19.8 Å².